The van der Waals surface area contributed by atoms with Crippen molar-refractivity contribution in [3.8, 4) is 0 Å². The summed E-state index contributed by atoms with van der Waals surface area (Å²) in [5.41, 5.74) is 3.86. The zero-order valence-electron chi connectivity index (χ0n) is 19.4. The normalized spacial score (nSPS) is 17.2. The van der Waals surface area contributed by atoms with E-state index in [9.17, 15) is 9.18 Å². The van der Waals surface area contributed by atoms with Gasteiger partial charge in [0.1, 0.15) is 5.82 Å². The van der Waals surface area contributed by atoms with Gasteiger partial charge in [-0.2, -0.15) is 0 Å². The van der Waals surface area contributed by atoms with Gasteiger partial charge in [0.15, 0.2) is 0 Å². The van der Waals surface area contributed by atoms with Gasteiger partial charge in [-0.25, -0.2) is 4.39 Å². The molecule has 0 aromatic heterocycles. The maximum Gasteiger partial charge on any atom is 0.253 e. The maximum atomic E-state index is 14.1. The van der Waals surface area contributed by atoms with Gasteiger partial charge in [-0.3, -0.25) is 9.69 Å². The van der Waals surface area contributed by atoms with E-state index in [2.05, 4.69) is 23.6 Å². The monoisotopic (exact) mass is 425 g/mol. The van der Waals surface area contributed by atoms with Gasteiger partial charge in [0.25, 0.3) is 5.91 Å². The van der Waals surface area contributed by atoms with E-state index in [1.807, 2.05) is 49.3 Å². The number of benzene rings is 2. The van der Waals surface area contributed by atoms with E-state index < -0.39 is 0 Å². The number of hydrogen-bond acceptors (Lipinski definition) is 3. The molecule has 1 fully saturated rings. The zero-order chi connectivity index (χ0) is 22.4. The third kappa shape index (κ3) is 6.62. The highest BCUT2D eigenvalue weighted by Gasteiger charge is 2.25. The number of halogens is 1. The summed E-state index contributed by atoms with van der Waals surface area (Å²) in [5, 5.41) is 0. The fraction of sp³-hybridized carbons (Fsp3) is 0.500. The molecular weight excluding hydrogens is 389 g/mol. The van der Waals surface area contributed by atoms with E-state index in [1.165, 1.54) is 11.6 Å². The Morgan fingerprint density at radius 3 is 2.58 bits per heavy atom. The molecule has 2 aromatic rings. The number of nitrogens with zero attached hydrogens (tertiary/aromatic N) is 3. The van der Waals surface area contributed by atoms with E-state index in [4.69, 9.17) is 0 Å². The van der Waals surface area contributed by atoms with Crippen molar-refractivity contribution in [2.24, 2.45) is 5.92 Å². The number of aryl methyl sites for hydroxylation is 2. The molecule has 4 nitrogen and oxygen atoms in total. The lowest BCUT2D eigenvalue weighted by Crippen LogP contribution is -2.44. The van der Waals surface area contributed by atoms with Crippen LogP contribution < -0.4 is 0 Å². The van der Waals surface area contributed by atoms with Crippen molar-refractivity contribution >= 4 is 5.91 Å². The van der Waals surface area contributed by atoms with E-state index in [1.54, 1.807) is 6.07 Å². The molecule has 0 unspecified atom stereocenters. The van der Waals surface area contributed by atoms with Crippen LogP contribution in [0.25, 0.3) is 0 Å². The number of piperidine rings is 1. The number of likely N-dealkylation sites (N-methyl/N-ethyl adjacent to an activating group) is 1. The van der Waals surface area contributed by atoms with Gasteiger partial charge >= 0.3 is 0 Å². The fourth-order valence-electron chi connectivity index (χ4n) is 4.28. The van der Waals surface area contributed by atoms with Crippen LogP contribution in [0.15, 0.2) is 42.5 Å². The average molecular weight is 426 g/mol. The highest BCUT2D eigenvalue weighted by Crippen LogP contribution is 2.22. The molecule has 2 aromatic carbocycles. The summed E-state index contributed by atoms with van der Waals surface area (Å²) < 4.78 is 14.1. The third-order valence-electron chi connectivity index (χ3n) is 6.29. The molecule has 1 amide bonds. The molecule has 168 valence electrons. The van der Waals surface area contributed by atoms with E-state index >= 15 is 0 Å². The van der Waals surface area contributed by atoms with Crippen molar-refractivity contribution in [2.75, 3.05) is 46.8 Å². The molecule has 1 aliphatic heterocycles. The van der Waals surface area contributed by atoms with Crippen LogP contribution in [0.5, 0.6) is 0 Å². The lowest BCUT2D eigenvalue weighted by atomic mass is 9.96. The predicted octanol–water partition coefficient (Wildman–Crippen LogP) is 4.36. The van der Waals surface area contributed by atoms with Crippen molar-refractivity contribution in [1.82, 2.24) is 14.7 Å². The largest absolute Gasteiger partial charge is 0.337 e. The molecule has 1 aliphatic rings. The molecule has 0 N–H and O–H groups in total. The molecule has 3 rings (SSSR count). The number of carbonyl (C=O) groups excluding carboxylic acids is 1. The Hall–Kier alpha value is -2.24. The molecule has 1 saturated heterocycles. The summed E-state index contributed by atoms with van der Waals surface area (Å²) >= 11 is 0. The first-order valence-electron chi connectivity index (χ1n) is 11.3. The number of carbonyl (C=O) groups is 1. The lowest BCUT2D eigenvalue weighted by Gasteiger charge is -2.36. The van der Waals surface area contributed by atoms with Crippen LogP contribution in [0.2, 0.25) is 0 Å². The molecule has 0 spiro atoms. The standard InChI is InChI=1S/C26H36FN3O/c1-20-11-12-23(16-21(20)2)26(31)30(15-14-28(3)4)18-22-8-7-13-29(17-22)19-24-9-5-6-10-25(24)27/h5-6,9-12,16,22H,7-8,13-15,17-19H2,1-4H3/t22-/m0/s1. The van der Waals surface area contributed by atoms with E-state index in [0.717, 1.165) is 55.7 Å². The Morgan fingerprint density at radius 2 is 1.87 bits per heavy atom. The van der Waals surface area contributed by atoms with E-state index in [-0.39, 0.29) is 11.7 Å². The average Bonchev–Trinajstić information content (AvgIpc) is 2.74. The van der Waals surface area contributed by atoms with Crippen molar-refractivity contribution in [3.05, 3.63) is 70.5 Å². The first-order chi connectivity index (χ1) is 14.8. The second-order valence-electron chi connectivity index (χ2n) is 9.19. The van der Waals surface area contributed by atoms with Crippen molar-refractivity contribution in [3.63, 3.8) is 0 Å². The summed E-state index contributed by atoms with van der Waals surface area (Å²) in [6, 6.07) is 13.0. The second-order valence-corrected chi connectivity index (χ2v) is 9.19. The van der Waals surface area contributed by atoms with Gasteiger partial charge in [-0.15, -0.1) is 0 Å². The van der Waals surface area contributed by atoms with Crippen LogP contribution in [0, 0.1) is 25.6 Å². The summed E-state index contributed by atoms with van der Waals surface area (Å²) in [6.07, 6.45) is 2.19. The van der Waals surface area contributed by atoms with Gasteiger partial charge < -0.3 is 9.80 Å². The number of likely N-dealkylation sites (tertiary alicyclic amines) is 1. The Balaban J connectivity index is 1.68. The quantitative estimate of drug-likeness (QED) is 0.629. The molecule has 1 atom stereocenters. The highest BCUT2D eigenvalue weighted by atomic mass is 19.1. The molecule has 1 heterocycles. The summed E-state index contributed by atoms with van der Waals surface area (Å²) in [6.45, 7) is 8.92. The predicted molar refractivity (Wildman–Crippen MR) is 125 cm³/mol. The van der Waals surface area contributed by atoms with Crippen LogP contribution >= 0.6 is 0 Å². The number of rotatable bonds is 8. The minimum atomic E-state index is -0.137. The Bertz CT molecular complexity index is 883. The molecule has 0 bridgehead atoms. The smallest absolute Gasteiger partial charge is 0.253 e. The first-order valence-corrected chi connectivity index (χ1v) is 11.3. The molecule has 0 radical (unpaired) electrons. The van der Waals surface area contributed by atoms with Crippen molar-refractivity contribution < 1.29 is 9.18 Å². The SMILES string of the molecule is Cc1ccc(C(=O)N(CCN(C)C)C[C@H]2CCCN(Cc3ccccc3F)C2)cc1C. The number of hydrogen-bond donors (Lipinski definition) is 0. The fourth-order valence-corrected chi connectivity index (χ4v) is 4.28. The van der Waals surface area contributed by atoms with Gasteiger partial charge in [-0.05, 0) is 82.6 Å². The molecule has 31 heavy (non-hydrogen) atoms. The van der Waals surface area contributed by atoms with Crippen molar-refractivity contribution in [2.45, 2.75) is 33.2 Å². The number of amides is 1. The van der Waals surface area contributed by atoms with Gasteiger partial charge in [-0.1, -0.05) is 24.3 Å². The molecular formula is C26H36FN3O. The Labute approximate surface area is 186 Å². The highest BCUT2D eigenvalue weighted by molar-refractivity contribution is 5.94. The van der Waals surface area contributed by atoms with Gasteiger partial charge in [0.2, 0.25) is 0 Å². The topological polar surface area (TPSA) is 26.8 Å². The molecule has 0 saturated carbocycles. The Morgan fingerprint density at radius 1 is 1.10 bits per heavy atom. The van der Waals surface area contributed by atoms with Gasteiger partial charge in [0.05, 0.1) is 0 Å². The van der Waals surface area contributed by atoms with Gasteiger partial charge in [0, 0.05) is 43.9 Å². The maximum absolute atomic E-state index is 14.1. The minimum Gasteiger partial charge on any atom is -0.337 e. The minimum absolute atomic E-state index is 0.108. The van der Waals surface area contributed by atoms with Crippen LogP contribution in [-0.4, -0.2) is 67.4 Å². The van der Waals surface area contributed by atoms with Crippen LogP contribution in [0.1, 0.15) is 39.9 Å². The van der Waals surface area contributed by atoms with Crippen LogP contribution in [-0.2, 0) is 6.54 Å². The van der Waals surface area contributed by atoms with E-state index in [0.29, 0.717) is 19.0 Å². The van der Waals surface area contributed by atoms with Crippen LogP contribution in [0.4, 0.5) is 4.39 Å². The summed E-state index contributed by atoms with van der Waals surface area (Å²) in [5.74, 6) is 0.372. The summed E-state index contributed by atoms with van der Waals surface area (Å²) in [4.78, 5) is 19.8. The van der Waals surface area contributed by atoms with Crippen molar-refractivity contribution in [1.29, 1.82) is 0 Å². The second kappa shape index (κ2) is 10.9. The molecule has 5 heteroatoms. The van der Waals surface area contributed by atoms with Crippen LogP contribution in [0.3, 0.4) is 0 Å². The molecule has 0 aliphatic carbocycles. The third-order valence-corrected chi connectivity index (χ3v) is 6.29. The first kappa shape index (κ1) is 23.4. The zero-order valence-corrected chi connectivity index (χ0v) is 19.4. The Kier molecular flexibility index (Phi) is 8.22. The lowest BCUT2D eigenvalue weighted by molar-refractivity contribution is 0.0660. The summed E-state index contributed by atoms with van der Waals surface area (Å²) in [7, 11) is 4.07.